The second-order valence-electron chi connectivity index (χ2n) is 8.34. The number of phenolic OH excluding ortho intramolecular Hbond substituents is 1. The maximum atomic E-state index is 13.0. The monoisotopic (exact) mass is 426 g/mol. The number of Topliss-reactive ketones (excluding diaryl/α,β-unsaturated/α-hetero) is 1. The maximum absolute atomic E-state index is 13.0. The molecule has 2 heterocycles. The van der Waals surface area contributed by atoms with Gasteiger partial charge in [-0.25, -0.2) is 0 Å². The van der Waals surface area contributed by atoms with Gasteiger partial charge in [-0.1, -0.05) is 42.5 Å². The third kappa shape index (κ3) is 3.87. The summed E-state index contributed by atoms with van der Waals surface area (Å²) in [5, 5.41) is 10.6. The van der Waals surface area contributed by atoms with Crippen LogP contribution in [0.3, 0.4) is 0 Å². The van der Waals surface area contributed by atoms with Crippen LogP contribution < -0.4 is 9.64 Å². The number of hydrogen-bond donors (Lipinski definition) is 1. The number of nitrogens with zero attached hydrogens (tertiary/aromatic N) is 2. The summed E-state index contributed by atoms with van der Waals surface area (Å²) in [6.07, 6.45) is 1.79. The van der Waals surface area contributed by atoms with Crippen molar-refractivity contribution in [1.29, 1.82) is 0 Å². The van der Waals surface area contributed by atoms with Gasteiger partial charge in [0.1, 0.15) is 11.5 Å². The quantitative estimate of drug-likeness (QED) is 0.616. The number of ether oxygens (including phenoxy) is 1. The number of rotatable bonds is 4. The minimum Gasteiger partial charge on any atom is -0.507 e. The molecule has 3 aromatic carbocycles. The molecule has 1 fully saturated rings. The van der Waals surface area contributed by atoms with Crippen molar-refractivity contribution in [3.05, 3.63) is 94.7 Å². The molecule has 0 amide bonds. The first-order valence-electron chi connectivity index (χ1n) is 11.0. The van der Waals surface area contributed by atoms with E-state index in [1.54, 1.807) is 18.2 Å². The fourth-order valence-corrected chi connectivity index (χ4v) is 4.37. The Balaban J connectivity index is 1.35. The van der Waals surface area contributed by atoms with E-state index in [1.165, 1.54) is 5.69 Å². The standard InChI is InChI=1S/C27H26N2O3/c1-19-7-5-6-8-20(19)17-25-26(31)22-11-12-24(30)23(27(22)32-25)18-28-13-15-29(16-14-28)21-9-3-2-4-10-21/h2-12,17,30H,13-16,18H2,1H3/b25-17-. The highest BCUT2D eigenvalue weighted by molar-refractivity contribution is 6.15. The van der Waals surface area contributed by atoms with E-state index >= 15 is 0 Å². The first-order chi connectivity index (χ1) is 15.6. The molecule has 0 spiro atoms. The van der Waals surface area contributed by atoms with Gasteiger partial charge in [0.25, 0.3) is 0 Å². The molecule has 0 aliphatic carbocycles. The van der Waals surface area contributed by atoms with Gasteiger partial charge in [-0.2, -0.15) is 0 Å². The van der Waals surface area contributed by atoms with Crippen molar-refractivity contribution < 1.29 is 14.6 Å². The molecule has 3 aromatic rings. The van der Waals surface area contributed by atoms with Crippen LogP contribution in [0.15, 0.2) is 72.5 Å². The topological polar surface area (TPSA) is 53.0 Å². The van der Waals surface area contributed by atoms with Gasteiger partial charge in [0.2, 0.25) is 5.78 Å². The smallest absolute Gasteiger partial charge is 0.231 e. The highest BCUT2D eigenvalue weighted by Crippen LogP contribution is 2.40. The van der Waals surface area contributed by atoms with Gasteiger partial charge < -0.3 is 14.7 Å². The summed E-state index contributed by atoms with van der Waals surface area (Å²) in [5.41, 5.74) is 4.45. The Bertz CT molecular complexity index is 1180. The average Bonchev–Trinajstić information content (AvgIpc) is 3.14. The number of para-hydroxylation sites is 1. The minimum atomic E-state index is -0.140. The number of carbonyl (C=O) groups is 1. The number of piperazine rings is 1. The summed E-state index contributed by atoms with van der Waals surface area (Å²) in [4.78, 5) is 17.6. The predicted octanol–water partition coefficient (Wildman–Crippen LogP) is 4.64. The predicted molar refractivity (Wildman–Crippen MR) is 126 cm³/mol. The minimum absolute atomic E-state index is 0.140. The van der Waals surface area contributed by atoms with E-state index in [0.29, 0.717) is 29.2 Å². The van der Waals surface area contributed by atoms with Crippen LogP contribution in [0.2, 0.25) is 0 Å². The third-order valence-electron chi connectivity index (χ3n) is 6.27. The number of hydrogen-bond acceptors (Lipinski definition) is 5. The number of benzene rings is 3. The van der Waals surface area contributed by atoms with Crippen molar-refractivity contribution in [2.75, 3.05) is 31.1 Å². The number of aromatic hydroxyl groups is 1. The zero-order chi connectivity index (χ0) is 22.1. The van der Waals surface area contributed by atoms with Crippen molar-refractivity contribution in [3.8, 4) is 11.5 Å². The Kier molecular flexibility index (Phi) is 5.41. The molecule has 0 bridgehead atoms. The van der Waals surface area contributed by atoms with Crippen molar-refractivity contribution in [1.82, 2.24) is 4.90 Å². The molecule has 1 N–H and O–H groups in total. The number of aryl methyl sites for hydroxylation is 1. The summed E-state index contributed by atoms with van der Waals surface area (Å²) in [5.74, 6) is 0.813. The lowest BCUT2D eigenvalue weighted by Crippen LogP contribution is -2.46. The van der Waals surface area contributed by atoms with E-state index in [1.807, 2.05) is 37.3 Å². The number of anilines is 1. The van der Waals surface area contributed by atoms with Gasteiger partial charge >= 0.3 is 0 Å². The van der Waals surface area contributed by atoms with Gasteiger partial charge in [-0.3, -0.25) is 9.69 Å². The van der Waals surface area contributed by atoms with Crippen LogP contribution in [0.25, 0.3) is 6.08 Å². The number of carbonyl (C=O) groups excluding carboxylic acids is 1. The molecule has 32 heavy (non-hydrogen) atoms. The number of fused-ring (bicyclic) bond motifs is 1. The van der Waals surface area contributed by atoms with E-state index in [4.69, 9.17) is 4.74 Å². The molecule has 5 rings (SSSR count). The van der Waals surface area contributed by atoms with Gasteiger partial charge in [0.15, 0.2) is 5.76 Å². The fourth-order valence-electron chi connectivity index (χ4n) is 4.37. The highest BCUT2D eigenvalue weighted by Gasteiger charge is 2.32. The first-order valence-corrected chi connectivity index (χ1v) is 11.0. The summed E-state index contributed by atoms with van der Waals surface area (Å²) < 4.78 is 6.04. The molecule has 162 valence electrons. The van der Waals surface area contributed by atoms with Crippen molar-refractivity contribution in [3.63, 3.8) is 0 Å². The number of allylic oxidation sites excluding steroid dienone is 1. The zero-order valence-electron chi connectivity index (χ0n) is 18.1. The van der Waals surface area contributed by atoms with Crippen LogP contribution in [-0.4, -0.2) is 42.0 Å². The van der Waals surface area contributed by atoms with Crippen LogP contribution in [-0.2, 0) is 6.54 Å². The fraction of sp³-hybridized carbons (Fsp3) is 0.222. The molecule has 5 heteroatoms. The first kappa shape index (κ1) is 20.3. The second-order valence-corrected chi connectivity index (χ2v) is 8.34. The normalized spacial score (nSPS) is 17.5. The van der Waals surface area contributed by atoms with Gasteiger partial charge in [0.05, 0.1) is 11.1 Å². The molecule has 2 aliphatic heterocycles. The molecular formula is C27H26N2O3. The Morgan fingerprint density at radius 2 is 1.66 bits per heavy atom. The van der Waals surface area contributed by atoms with E-state index in [0.717, 1.165) is 37.3 Å². The second kappa shape index (κ2) is 8.52. The molecule has 0 unspecified atom stereocenters. The van der Waals surface area contributed by atoms with Crippen LogP contribution in [0.5, 0.6) is 11.5 Å². The number of ketones is 1. The molecule has 5 nitrogen and oxygen atoms in total. The average molecular weight is 427 g/mol. The van der Waals surface area contributed by atoms with E-state index in [9.17, 15) is 9.90 Å². The van der Waals surface area contributed by atoms with Crippen LogP contribution >= 0.6 is 0 Å². The Hall–Kier alpha value is -3.57. The number of phenols is 1. The Labute approximate surface area is 188 Å². The van der Waals surface area contributed by atoms with Gasteiger partial charge in [0, 0.05) is 38.4 Å². The lowest BCUT2D eigenvalue weighted by molar-refractivity contribution is 0.101. The van der Waals surface area contributed by atoms with E-state index in [2.05, 4.69) is 34.1 Å². The summed E-state index contributed by atoms with van der Waals surface area (Å²) >= 11 is 0. The molecule has 0 saturated carbocycles. The lowest BCUT2D eigenvalue weighted by Gasteiger charge is -2.36. The van der Waals surface area contributed by atoms with Crippen molar-refractivity contribution in [2.24, 2.45) is 0 Å². The summed E-state index contributed by atoms with van der Waals surface area (Å²) in [6, 6.07) is 21.6. The molecule has 0 radical (unpaired) electrons. The van der Waals surface area contributed by atoms with Crippen LogP contribution in [0.4, 0.5) is 5.69 Å². The van der Waals surface area contributed by atoms with Crippen molar-refractivity contribution >= 4 is 17.5 Å². The molecule has 0 aromatic heterocycles. The third-order valence-corrected chi connectivity index (χ3v) is 6.27. The molecule has 0 atom stereocenters. The van der Waals surface area contributed by atoms with E-state index < -0.39 is 0 Å². The van der Waals surface area contributed by atoms with Crippen molar-refractivity contribution in [2.45, 2.75) is 13.5 Å². The SMILES string of the molecule is Cc1ccccc1/C=C1\Oc2c(ccc(O)c2CN2CCN(c3ccccc3)CC2)C1=O. The molecule has 1 saturated heterocycles. The zero-order valence-corrected chi connectivity index (χ0v) is 18.1. The molecular weight excluding hydrogens is 400 g/mol. The highest BCUT2D eigenvalue weighted by atomic mass is 16.5. The van der Waals surface area contributed by atoms with Gasteiger partial charge in [-0.05, 0) is 48.4 Å². The Morgan fingerprint density at radius 3 is 2.41 bits per heavy atom. The van der Waals surface area contributed by atoms with E-state index in [-0.39, 0.29) is 11.5 Å². The summed E-state index contributed by atoms with van der Waals surface area (Å²) in [7, 11) is 0. The maximum Gasteiger partial charge on any atom is 0.231 e. The Morgan fingerprint density at radius 1 is 0.938 bits per heavy atom. The lowest BCUT2D eigenvalue weighted by atomic mass is 10.0. The van der Waals surface area contributed by atoms with Crippen LogP contribution in [0.1, 0.15) is 27.0 Å². The molecule has 2 aliphatic rings. The summed E-state index contributed by atoms with van der Waals surface area (Å²) in [6.45, 7) is 6.12. The van der Waals surface area contributed by atoms with Gasteiger partial charge in [-0.15, -0.1) is 0 Å². The largest absolute Gasteiger partial charge is 0.507 e. The van der Waals surface area contributed by atoms with Crippen LogP contribution in [0, 0.1) is 6.92 Å².